The van der Waals surface area contributed by atoms with Crippen molar-refractivity contribution in [3.8, 4) is 0 Å². The first kappa shape index (κ1) is 16.0. The van der Waals surface area contributed by atoms with E-state index in [1.807, 2.05) is 30.9 Å². The predicted molar refractivity (Wildman–Crippen MR) is 88.6 cm³/mol. The lowest BCUT2D eigenvalue weighted by Gasteiger charge is -2.18. The Balaban J connectivity index is 2.33. The largest absolute Gasteiger partial charge is 0.383 e. The van der Waals surface area contributed by atoms with E-state index in [0.29, 0.717) is 13.2 Å². The average molecular weight is 353 g/mol. The van der Waals surface area contributed by atoms with Gasteiger partial charge in [-0.3, -0.25) is 4.68 Å². The molecule has 2 rings (SSSR count). The molecule has 0 aliphatic carbocycles. The van der Waals surface area contributed by atoms with Gasteiger partial charge in [-0.25, -0.2) is 0 Å². The lowest BCUT2D eigenvalue weighted by Crippen LogP contribution is -2.20. The number of rotatable bonds is 6. The van der Waals surface area contributed by atoms with Gasteiger partial charge in [-0.15, -0.1) is 0 Å². The van der Waals surface area contributed by atoms with E-state index in [4.69, 9.17) is 10.5 Å². The maximum atomic E-state index is 6.45. The molecule has 1 heterocycles. The van der Waals surface area contributed by atoms with Crippen molar-refractivity contribution in [2.45, 2.75) is 12.6 Å². The van der Waals surface area contributed by atoms with E-state index in [1.54, 1.807) is 13.3 Å². The summed E-state index contributed by atoms with van der Waals surface area (Å²) in [7, 11) is 5.71. The van der Waals surface area contributed by atoms with Gasteiger partial charge in [0, 0.05) is 26.9 Å². The third-order valence-electron chi connectivity index (χ3n) is 3.38. The third-order valence-corrected chi connectivity index (χ3v) is 3.99. The zero-order valence-electron chi connectivity index (χ0n) is 12.6. The van der Waals surface area contributed by atoms with E-state index < -0.39 is 0 Å². The van der Waals surface area contributed by atoms with Crippen LogP contribution < -0.4 is 10.6 Å². The molecule has 0 fully saturated rings. The first-order valence-electron chi connectivity index (χ1n) is 6.77. The average Bonchev–Trinajstić information content (AvgIpc) is 2.85. The molecular weight excluding hydrogens is 332 g/mol. The first-order chi connectivity index (χ1) is 10.0. The Morgan fingerprint density at radius 3 is 2.86 bits per heavy atom. The number of halogens is 1. The molecule has 2 N–H and O–H groups in total. The summed E-state index contributed by atoms with van der Waals surface area (Å²) in [5.74, 6) is 0. The first-order valence-corrected chi connectivity index (χ1v) is 7.57. The molecule has 0 saturated heterocycles. The van der Waals surface area contributed by atoms with E-state index in [9.17, 15) is 0 Å². The number of aromatic nitrogens is 2. The van der Waals surface area contributed by atoms with Crippen molar-refractivity contribution in [3.63, 3.8) is 0 Å². The van der Waals surface area contributed by atoms with Crippen molar-refractivity contribution in [2.75, 3.05) is 32.7 Å². The van der Waals surface area contributed by atoms with E-state index in [1.165, 1.54) is 0 Å². The summed E-state index contributed by atoms with van der Waals surface area (Å²) in [6, 6.07) is 7.99. The maximum Gasteiger partial charge on any atom is 0.0739 e. The summed E-state index contributed by atoms with van der Waals surface area (Å²) >= 11 is 3.54. The molecular formula is C15H21BrN4O. The smallest absolute Gasteiger partial charge is 0.0739 e. The van der Waals surface area contributed by atoms with Crippen LogP contribution >= 0.6 is 15.9 Å². The van der Waals surface area contributed by atoms with Crippen molar-refractivity contribution in [1.29, 1.82) is 0 Å². The van der Waals surface area contributed by atoms with Crippen molar-refractivity contribution in [1.82, 2.24) is 9.78 Å². The Hall–Kier alpha value is -1.37. The van der Waals surface area contributed by atoms with Gasteiger partial charge in [0.15, 0.2) is 0 Å². The Morgan fingerprint density at radius 1 is 1.43 bits per heavy atom. The molecule has 6 heteroatoms. The van der Waals surface area contributed by atoms with Crippen LogP contribution in [0.1, 0.15) is 17.3 Å². The minimum atomic E-state index is -0.237. The fourth-order valence-electron chi connectivity index (χ4n) is 2.19. The topological polar surface area (TPSA) is 56.3 Å². The van der Waals surface area contributed by atoms with E-state index >= 15 is 0 Å². The van der Waals surface area contributed by atoms with Gasteiger partial charge in [0.05, 0.1) is 35.6 Å². The molecule has 0 aliphatic rings. The van der Waals surface area contributed by atoms with Gasteiger partial charge in [0.1, 0.15) is 0 Å². The van der Waals surface area contributed by atoms with Gasteiger partial charge in [-0.05, 0) is 33.6 Å². The van der Waals surface area contributed by atoms with Crippen LogP contribution in [-0.4, -0.2) is 37.6 Å². The zero-order chi connectivity index (χ0) is 15.4. The highest BCUT2D eigenvalue weighted by atomic mass is 79.9. The van der Waals surface area contributed by atoms with E-state index in [0.717, 1.165) is 21.4 Å². The summed E-state index contributed by atoms with van der Waals surface area (Å²) in [5, 5.41) is 4.36. The van der Waals surface area contributed by atoms with Crippen LogP contribution in [0.5, 0.6) is 0 Å². The number of hydrogen-bond acceptors (Lipinski definition) is 4. The molecule has 1 unspecified atom stereocenters. The third kappa shape index (κ3) is 3.64. The Bertz CT molecular complexity index is 597. The molecule has 2 aromatic rings. The molecule has 21 heavy (non-hydrogen) atoms. The molecule has 1 aromatic carbocycles. The number of anilines is 1. The van der Waals surface area contributed by atoms with Crippen LogP contribution in [0, 0.1) is 0 Å². The number of methoxy groups -OCH3 is 1. The van der Waals surface area contributed by atoms with Crippen LogP contribution in [-0.2, 0) is 11.3 Å². The highest BCUT2D eigenvalue weighted by molar-refractivity contribution is 9.10. The van der Waals surface area contributed by atoms with Crippen molar-refractivity contribution in [2.24, 2.45) is 5.73 Å². The second-order valence-corrected chi connectivity index (χ2v) is 5.92. The maximum absolute atomic E-state index is 6.45. The van der Waals surface area contributed by atoms with Crippen LogP contribution in [0.2, 0.25) is 0 Å². The van der Waals surface area contributed by atoms with Crippen molar-refractivity contribution in [3.05, 3.63) is 46.2 Å². The number of hydrogen-bond donors (Lipinski definition) is 1. The monoisotopic (exact) mass is 352 g/mol. The lowest BCUT2D eigenvalue weighted by atomic mass is 10.0. The summed E-state index contributed by atoms with van der Waals surface area (Å²) in [5.41, 5.74) is 9.60. The normalized spacial score (nSPS) is 12.4. The number of nitrogens with zero attached hydrogens (tertiary/aromatic N) is 3. The second-order valence-electron chi connectivity index (χ2n) is 5.06. The molecule has 5 nitrogen and oxygen atoms in total. The highest BCUT2D eigenvalue weighted by Gasteiger charge is 2.18. The fourth-order valence-corrected chi connectivity index (χ4v) is 2.73. The molecule has 0 spiro atoms. The van der Waals surface area contributed by atoms with Gasteiger partial charge in [0.25, 0.3) is 0 Å². The molecule has 1 aromatic heterocycles. The number of ether oxygens (including phenoxy) is 1. The van der Waals surface area contributed by atoms with E-state index in [2.05, 4.69) is 38.1 Å². The van der Waals surface area contributed by atoms with Crippen molar-refractivity contribution >= 4 is 21.6 Å². The van der Waals surface area contributed by atoms with Gasteiger partial charge in [-0.1, -0.05) is 12.1 Å². The summed E-state index contributed by atoms with van der Waals surface area (Å²) in [6.07, 6.45) is 1.78. The van der Waals surface area contributed by atoms with Gasteiger partial charge < -0.3 is 15.4 Å². The SMILES string of the molecule is COCCn1ncc(Br)c1C(N)c1cccc(N(C)C)c1. The molecule has 0 bridgehead atoms. The quantitative estimate of drug-likeness (QED) is 0.867. The van der Waals surface area contributed by atoms with Gasteiger partial charge in [0.2, 0.25) is 0 Å². The van der Waals surface area contributed by atoms with Gasteiger partial charge >= 0.3 is 0 Å². The minimum Gasteiger partial charge on any atom is -0.383 e. The van der Waals surface area contributed by atoms with Crippen molar-refractivity contribution < 1.29 is 4.74 Å². The van der Waals surface area contributed by atoms with Crippen LogP contribution in [0.25, 0.3) is 0 Å². The Kier molecular flexibility index (Phi) is 5.39. The van der Waals surface area contributed by atoms with Gasteiger partial charge in [-0.2, -0.15) is 5.10 Å². The van der Waals surface area contributed by atoms with E-state index in [-0.39, 0.29) is 6.04 Å². The predicted octanol–water partition coefficient (Wildman–Crippen LogP) is 2.41. The highest BCUT2D eigenvalue weighted by Crippen LogP contribution is 2.28. The number of nitrogens with two attached hydrogens (primary N) is 1. The van der Waals surface area contributed by atoms with Crippen LogP contribution in [0.15, 0.2) is 34.9 Å². The number of benzene rings is 1. The summed E-state index contributed by atoms with van der Waals surface area (Å²) < 4.78 is 7.93. The molecule has 1 atom stereocenters. The molecule has 114 valence electrons. The summed E-state index contributed by atoms with van der Waals surface area (Å²) in [4.78, 5) is 2.06. The molecule has 0 amide bonds. The van der Waals surface area contributed by atoms with Crippen LogP contribution in [0.4, 0.5) is 5.69 Å². The summed E-state index contributed by atoms with van der Waals surface area (Å²) in [6.45, 7) is 1.28. The Morgan fingerprint density at radius 2 is 2.19 bits per heavy atom. The fraction of sp³-hybridized carbons (Fsp3) is 0.400. The Labute approximate surface area is 133 Å². The molecule has 0 radical (unpaired) electrons. The lowest BCUT2D eigenvalue weighted by molar-refractivity contribution is 0.182. The standard InChI is InChI=1S/C15H21BrN4O/c1-19(2)12-6-4-5-11(9-12)14(17)15-13(16)10-18-20(15)7-8-21-3/h4-6,9-10,14H,7-8,17H2,1-3H3. The molecule has 0 saturated carbocycles. The second kappa shape index (κ2) is 7.06. The minimum absolute atomic E-state index is 0.237. The molecule has 0 aliphatic heterocycles. The zero-order valence-corrected chi connectivity index (χ0v) is 14.2. The van der Waals surface area contributed by atoms with Crippen LogP contribution in [0.3, 0.4) is 0 Å².